The minimum absolute atomic E-state index is 0.00987. The highest BCUT2D eigenvalue weighted by molar-refractivity contribution is 5.73. The SMILES string of the molecule is CCCCOC1CCC(C2CCC(C(=O)OCC(OC(=O)C3CCC(C4CCC(CCCC)CC4)CC3)C3CCCCC3)CC2)CC1. The van der Waals surface area contributed by atoms with E-state index in [0.717, 1.165) is 87.6 Å². The summed E-state index contributed by atoms with van der Waals surface area (Å²) >= 11 is 0. The van der Waals surface area contributed by atoms with Crippen LogP contribution < -0.4 is 0 Å². The van der Waals surface area contributed by atoms with E-state index in [4.69, 9.17) is 14.2 Å². The first-order chi connectivity index (χ1) is 23.0. The third-order valence-corrected chi connectivity index (χ3v) is 13.8. The fourth-order valence-electron chi connectivity index (χ4n) is 10.5. The minimum atomic E-state index is -0.269. The molecule has 0 aromatic carbocycles. The molecule has 5 aliphatic carbocycles. The van der Waals surface area contributed by atoms with Gasteiger partial charge in [-0.25, -0.2) is 0 Å². The second-order valence-corrected chi connectivity index (χ2v) is 16.9. The lowest BCUT2D eigenvalue weighted by Gasteiger charge is -2.38. The fourth-order valence-corrected chi connectivity index (χ4v) is 10.5. The van der Waals surface area contributed by atoms with Gasteiger partial charge in [-0.1, -0.05) is 71.6 Å². The fraction of sp³-hybridized carbons (Fsp3) is 0.952. The highest BCUT2D eigenvalue weighted by Crippen LogP contribution is 2.44. The van der Waals surface area contributed by atoms with Crippen molar-refractivity contribution < 1.29 is 23.8 Å². The molecule has 1 unspecified atom stereocenters. The lowest BCUT2D eigenvalue weighted by Crippen LogP contribution is -2.38. The summed E-state index contributed by atoms with van der Waals surface area (Å²) in [5.41, 5.74) is 0. The molecule has 5 rings (SSSR count). The van der Waals surface area contributed by atoms with Crippen LogP contribution in [0.2, 0.25) is 0 Å². The van der Waals surface area contributed by atoms with E-state index in [1.165, 1.54) is 116 Å². The summed E-state index contributed by atoms with van der Waals surface area (Å²) in [4.78, 5) is 26.8. The number of carbonyl (C=O) groups is 2. The van der Waals surface area contributed by atoms with Crippen molar-refractivity contribution in [3.63, 3.8) is 0 Å². The van der Waals surface area contributed by atoms with Crippen LogP contribution in [-0.2, 0) is 23.8 Å². The molecule has 0 spiro atoms. The molecule has 5 saturated carbocycles. The van der Waals surface area contributed by atoms with Gasteiger partial charge in [0.05, 0.1) is 17.9 Å². The van der Waals surface area contributed by atoms with E-state index in [-0.39, 0.29) is 36.5 Å². The van der Waals surface area contributed by atoms with Gasteiger partial charge < -0.3 is 14.2 Å². The summed E-state index contributed by atoms with van der Waals surface area (Å²) in [5.74, 6) is 4.51. The minimum Gasteiger partial charge on any atom is -0.462 e. The number of hydrogen-bond acceptors (Lipinski definition) is 5. The van der Waals surface area contributed by atoms with Crippen molar-refractivity contribution in [2.24, 2.45) is 47.3 Å². The van der Waals surface area contributed by atoms with Gasteiger partial charge in [0.2, 0.25) is 0 Å². The van der Waals surface area contributed by atoms with E-state index in [0.29, 0.717) is 12.0 Å². The number of hydrogen-bond donors (Lipinski definition) is 0. The van der Waals surface area contributed by atoms with E-state index < -0.39 is 0 Å². The van der Waals surface area contributed by atoms with Crippen LogP contribution in [0.15, 0.2) is 0 Å². The first kappa shape index (κ1) is 37.2. The third-order valence-electron chi connectivity index (χ3n) is 13.8. The van der Waals surface area contributed by atoms with Crippen molar-refractivity contribution in [1.82, 2.24) is 0 Å². The smallest absolute Gasteiger partial charge is 0.309 e. The van der Waals surface area contributed by atoms with Crippen molar-refractivity contribution in [2.75, 3.05) is 13.2 Å². The van der Waals surface area contributed by atoms with Crippen LogP contribution in [0.1, 0.15) is 181 Å². The van der Waals surface area contributed by atoms with Crippen LogP contribution in [0, 0.1) is 47.3 Å². The molecule has 5 nitrogen and oxygen atoms in total. The van der Waals surface area contributed by atoms with Crippen molar-refractivity contribution >= 4 is 11.9 Å². The lowest BCUT2D eigenvalue weighted by molar-refractivity contribution is -0.170. The molecule has 0 aromatic heterocycles. The zero-order valence-corrected chi connectivity index (χ0v) is 30.6. The van der Waals surface area contributed by atoms with Gasteiger partial charge in [0.1, 0.15) is 12.7 Å². The Labute approximate surface area is 288 Å². The molecule has 0 aromatic rings. The van der Waals surface area contributed by atoms with Crippen LogP contribution in [0.4, 0.5) is 0 Å². The Hall–Kier alpha value is -1.10. The average molecular weight is 657 g/mol. The summed E-state index contributed by atoms with van der Waals surface area (Å²) in [6.07, 6.45) is 31.7. The van der Waals surface area contributed by atoms with E-state index in [1.54, 1.807) is 0 Å². The molecule has 0 heterocycles. The second kappa shape index (κ2) is 19.9. The predicted octanol–water partition coefficient (Wildman–Crippen LogP) is 11.0. The van der Waals surface area contributed by atoms with Crippen LogP contribution in [0.5, 0.6) is 0 Å². The van der Waals surface area contributed by atoms with Crippen molar-refractivity contribution in [3.8, 4) is 0 Å². The molecular formula is C42H72O5. The zero-order chi connectivity index (χ0) is 32.8. The highest BCUT2D eigenvalue weighted by atomic mass is 16.6. The van der Waals surface area contributed by atoms with Gasteiger partial charge in [-0.15, -0.1) is 0 Å². The summed E-state index contributed by atoms with van der Waals surface area (Å²) in [6, 6.07) is 0. The summed E-state index contributed by atoms with van der Waals surface area (Å²) < 4.78 is 18.4. The molecule has 5 heteroatoms. The molecule has 0 radical (unpaired) electrons. The van der Waals surface area contributed by atoms with Crippen LogP contribution in [-0.4, -0.2) is 37.4 Å². The van der Waals surface area contributed by atoms with Crippen molar-refractivity contribution in [3.05, 3.63) is 0 Å². The van der Waals surface area contributed by atoms with Crippen molar-refractivity contribution in [1.29, 1.82) is 0 Å². The van der Waals surface area contributed by atoms with Gasteiger partial charge in [0.25, 0.3) is 0 Å². The number of ether oxygens (including phenoxy) is 3. The van der Waals surface area contributed by atoms with E-state index >= 15 is 0 Å². The number of esters is 2. The van der Waals surface area contributed by atoms with Gasteiger partial charge in [-0.05, 0) is 145 Å². The largest absolute Gasteiger partial charge is 0.462 e. The zero-order valence-electron chi connectivity index (χ0n) is 30.6. The average Bonchev–Trinajstić information content (AvgIpc) is 3.13. The number of carbonyl (C=O) groups excluding carboxylic acids is 2. The topological polar surface area (TPSA) is 61.8 Å². The Balaban J connectivity index is 1.02. The number of unbranched alkanes of at least 4 members (excludes halogenated alkanes) is 2. The molecule has 5 fully saturated rings. The lowest BCUT2D eigenvalue weighted by atomic mass is 9.68. The molecule has 5 aliphatic rings. The van der Waals surface area contributed by atoms with E-state index in [9.17, 15) is 9.59 Å². The molecule has 0 N–H and O–H groups in total. The molecule has 0 bridgehead atoms. The Bertz CT molecular complexity index is 881. The van der Waals surface area contributed by atoms with Crippen LogP contribution >= 0.6 is 0 Å². The van der Waals surface area contributed by atoms with Crippen LogP contribution in [0.25, 0.3) is 0 Å². The van der Waals surface area contributed by atoms with Gasteiger partial charge >= 0.3 is 11.9 Å². The second-order valence-electron chi connectivity index (χ2n) is 16.9. The standard InChI is InChI=1S/C42H72O5/c1-3-5-10-31-13-15-32(16-14-31)33-19-23-38(24-20-33)42(44)47-40(36-11-8-7-9-12-36)30-46-41(43)37-21-17-34(18-22-37)35-25-27-39(28-26-35)45-29-6-4-2/h31-40H,3-30H2,1-2H3. The quantitative estimate of drug-likeness (QED) is 0.130. The predicted molar refractivity (Wildman–Crippen MR) is 190 cm³/mol. The molecule has 47 heavy (non-hydrogen) atoms. The van der Waals surface area contributed by atoms with Gasteiger partial charge in [0, 0.05) is 6.61 Å². The number of rotatable bonds is 15. The van der Waals surface area contributed by atoms with Gasteiger partial charge in [0.15, 0.2) is 0 Å². The Morgan fingerprint density at radius 2 is 1.09 bits per heavy atom. The monoisotopic (exact) mass is 657 g/mol. The maximum Gasteiger partial charge on any atom is 0.309 e. The summed E-state index contributed by atoms with van der Waals surface area (Å²) in [5, 5.41) is 0. The maximum absolute atomic E-state index is 13.5. The molecule has 0 saturated heterocycles. The molecule has 0 aliphatic heterocycles. The van der Waals surface area contributed by atoms with Crippen molar-refractivity contribution in [2.45, 2.75) is 193 Å². The normalized spacial score (nSPS) is 34.8. The molecular weight excluding hydrogens is 584 g/mol. The van der Waals surface area contributed by atoms with E-state index in [2.05, 4.69) is 13.8 Å². The summed E-state index contributed by atoms with van der Waals surface area (Å²) in [6.45, 7) is 5.71. The third kappa shape index (κ3) is 11.5. The van der Waals surface area contributed by atoms with Gasteiger partial charge in [-0.3, -0.25) is 9.59 Å². The van der Waals surface area contributed by atoms with Crippen LogP contribution in [0.3, 0.4) is 0 Å². The van der Waals surface area contributed by atoms with E-state index in [1.807, 2.05) is 0 Å². The summed E-state index contributed by atoms with van der Waals surface area (Å²) in [7, 11) is 0. The first-order valence-electron chi connectivity index (χ1n) is 21.0. The Morgan fingerprint density at radius 3 is 1.64 bits per heavy atom. The Morgan fingerprint density at radius 1 is 0.574 bits per heavy atom. The molecule has 0 amide bonds. The molecule has 1 atom stereocenters. The van der Waals surface area contributed by atoms with Gasteiger partial charge in [-0.2, -0.15) is 0 Å². The first-order valence-corrected chi connectivity index (χ1v) is 21.0. The maximum atomic E-state index is 13.5. The Kier molecular flexibility index (Phi) is 15.8. The highest BCUT2D eigenvalue weighted by Gasteiger charge is 2.37. The molecule has 270 valence electrons.